The summed E-state index contributed by atoms with van der Waals surface area (Å²) in [5, 5.41) is 5.84. The Morgan fingerprint density at radius 1 is 1.08 bits per heavy atom. The van der Waals surface area contributed by atoms with Crippen molar-refractivity contribution in [2.45, 2.75) is 25.3 Å². The summed E-state index contributed by atoms with van der Waals surface area (Å²) in [7, 11) is 0.931. The van der Waals surface area contributed by atoms with Crippen LogP contribution in [0.4, 0.5) is 0 Å². The zero-order chi connectivity index (χ0) is 9.45. The average Bonchev–Trinajstić information content (AvgIpc) is 2.12. The van der Waals surface area contributed by atoms with Crippen molar-refractivity contribution in [1.29, 1.82) is 0 Å². The standard InChI is InChI=1S/C7H20N2O2Si/c1-10-12(9,11-2)7-5-3-4-6-8/h3-9H2,1-2H3. The first kappa shape index (κ1) is 12.1. The van der Waals surface area contributed by atoms with Crippen LogP contribution in [0, 0.1) is 0 Å². The Balaban J connectivity index is 3.45. The van der Waals surface area contributed by atoms with Gasteiger partial charge >= 0.3 is 8.72 Å². The van der Waals surface area contributed by atoms with Crippen LogP contribution in [-0.4, -0.2) is 29.5 Å². The molecule has 0 aromatic heterocycles. The van der Waals surface area contributed by atoms with Gasteiger partial charge in [-0.05, 0) is 19.4 Å². The van der Waals surface area contributed by atoms with Gasteiger partial charge in [0.05, 0.1) is 0 Å². The molecule has 0 amide bonds. The van der Waals surface area contributed by atoms with Crippen LogP contribution >= 0.6 is 0 Å². The summed E-state index contributed by atoms with van der Waals surface area (Å²) in [6.45, 7) is 0.749. The lowest BCUT2D eigenvalue weighted by molar-refractivity contribution is 0.241. The Bertz CT molecular complexity index is 110. The predicted molar refractivity (Wildman–Crippen MR) is 51.7 cm³/mol. The van der Waals surface area contributed by atoms with Crippen LogP contribution < -0.4 is 11.1 Å². The van der Waals surface area contributed by atoms with E-state index in [0.717, 1.165) is 31.9 Å². The van der Waals surface area contributed by atoms with Crippen LogP contribution in [0.2, 0.25) is 6.04 Å². The maximum Gasteiger partial charge on any atom is 0.421 e. The van der Waals surface area contributed by atoms with Crippen LogP contribution in [0.3, 0.4) is 0 Å². The van der Waals surface area contributed by atoms with Gasteiger partial charge in [-0.2, -0.15) is 0 Å². The summed E-state index contributed by atoms with van der Waals surface area (Å²) >= 11 is 0. The van der Waals surface area contributed by atoms with Crippen molar-refractivity contribution in [3.05, 3.63) is 0 Å². The minimum Gasteiger partial charge on any atom is -0.386 e. The molecule has 0 aromatic rings. The molecule has 0 unspecified atom stereocenters. The van der Waals surface area contributed by atoms with Gasteiger partial charge in [-0.25, -0.2) is 0 Å². The van der Waals surface area contributed by atoms with Crippen molar-refractivity contribution in [3.8, 4) is 0 Å². The number of rotatable bonds is 7. The van der Waals surface area contributed by atoms with E-state index in [-0.39, 0.29) is 0 Å². The number of hydrogen-bond acceptors (Lipinski definition) is 4. The summed E-state index contributed by atoms with van der Waals surface area (Å²) in [5.74, 6) is 0. The van der Waals surface area contributed by atoms with E-state index < -0.39 is 8.72 Å². The van der Waals surface area contributed by atoms with E-state index in [2.05, 4.69) is 0 Å². The molecule has 0 spiro atoms. The molecule has 0 fully saturated rings. The largest absolute Gasteiger partial charge is 0.421 e. The van der Waals surface area contributed by atoms with E-state index in [9.17, 15) is 0 Å². The van der Waals surface area contributed by atoms with Crippen molar-refractivity contribution < 1.29 is 8.85 Å². The molecule has 0 aliphatic carbocycles. The smallest absolute Gasteiger partial charge is 0.386 e. The van der Waals surface area contributed by atoms with Gasteiger partial charge in [0.2, 0.25) is 0 Å². The molecule has 0 saturated carbocycles. The van der Waals surface area contributed by atoms with E-state index in [1.807, 2.05) is 0 Å². The first-order chi connectivity index (χ1) is 5.68. The second-order valence-electron chi connectivity index (χ2n) is 2.82. The second-order valence-corrected chi connectivity index (χ2v) is 5.76. The van der Waals surface area contributed by atoms with Crippen molar-refractivity contribution >= 4 is 8.72 Å². The molecule has 5 heteroatoms. The average molecular weight is 192 g/mol. The molecule has 4 nitrogen and oxygen atoms in total. The van der Waals surface area contributed by atoms with E-state index in [4.69, 9.17) is 20.0 Å². The topological polar surface area (TPSA) is 70.5 Å². The fraction of sp³-hybridized carbons (Fsp3) is 1.00. The molecule has 0 rings (SSSR count). The van der Waals surface area contributed by atoms with Gasteiger partial charge in [0, 0.05) is 20.3 Å². The minimum atomic E-state index is -2.29. The lowest BCUT2D eigenvalue weighted by atomic mass is 10.2. The SMILES string of the molecule is CO[Si](N)(CCCCCN)OC. The van der Waals surface area contributed by atoms with Gasteiger partial charge in [0.1, 0.15) is 0 Å². The van der Waals surface area contributed by atoms with Gasteiger partial charge in [0.25, 0.3) is 0 Å². The highest BCUT2D eigenvalue weighted by atomic mass is 28.4. The monoisotopic (exact) mass is 192 g/mol. The van der Waals surface area contributed by atoms with Crippen LogP contribution in [0.25, 0.3) is 0 Å². The Morgan fingerprint density at radius 2 is 1.67 bits per heavy atom. The van der Waals surface area contributed by atoms with Crippen LogP contribution in [0.5, 0.6) is 0 Å². The molecular weight excluding hydrogens is 172 g/mol. The normalized spacial score (nSPS) is 12.0. The third-order valence-electron chi connectivity index (χ3n) is 1.92. The summed E-state index contributed by atoms with van der Waals surface area (Å²) in [5.41, 5.74) is 5.36. The van der Waals surface area contributed by atoms with Crippen molar-refractivity contribution in [2.24, 2.45) is 11.1 Å². The number of hydrogen-bond donors (Lipinski definition) is 2. The first-order valence-electron chi connectivity index (χ1n) is 4.28. The van der Waals surface area contributed by atoms with E-state index in [0.29, 0.717) is 0 Å². The summed E-state index contributed by atoms with van der Waals surface area (Å²) < 4.78 is 10.3. The van der Waals surface area contributed by atoms with E-state index in [1.54, 1.807) is 14.2 Å². The van der Waals surface area contributed by atoms with Gasteiger partial charge in [-0.3, -0.25) is 0 Å². The molecule has 0 radical (unpaired) electrons. The fourth-order valence-electron chi connectivity index (χ4n) is 0.980. The second kappa shape index (κ2) is 6.56. The Morgan fingerprint density at radius 3 is 2.08 bits per heavy atom. The summed E-state index contributed by atoms with van der Waals surface area (Å²) in [6, 6.07) is 0.847. The summed E-state index contributed by atoms with van der Waals surface area (Å²) in [4.78, 5) is 0. The molecule has 0 saturated heterocycles. The van der Waals surface area contributed by atoms with Gasteiger partial charge in [-0.15, -0.1) is 0 Å². The summed E-state index contributed by atoms with van der Waals surface area (Å²) in [6.07, 6.45) is 3.20. The highest BCUT2D eigenvalue weighted by Crippen LogP contribution is 2.10. The molecule has 12 heavy (non-hydrogen) atoms. The lowest BCUT2D eigenvalue weighted by Gasteiger charge is -2.21. The maximum absolute atomic E-state index is 5.84. The van der Waals surface area contributed by atoms with Gasteiger partial charge in [-0.1, -0.05) is 6.42 Å². The molecule has 4 N–H and O–H groups in total. The van der Waals surface area contributed by atoms with Crippen LogP contribution in [-0.2, 0) is 8.85 Å². The maximum atomic E-state index is 5.84. The zero-order valence-electron chi connectivity index (χ0n) is 8.01. The minimum absolute atomic E-state index is 0.749. The lowest BCUT2D eigenvalue weighted by Crippen LogP contribution is -2.50. The van der Waals surface area contributed by atoms with Crippen LogP contribution in [0.1, 0.15) is 19.3 Å². The molecule has 74 valence electrons. The molecule has 0 atom stereocenters. The van der Waals surface area contributed by atoms with Crippen molar-refractivity contribution in [3.63, 3.8) is 0 Å². The number of unbranched alkanes of at least 4 members (excludes halogenated alkanes) is 2. The molecule has 0 heterocycles. The van der Waals surface area contributed by atoms with E-state index in [1.165, 1.54) is 0 Å². The predicted octanol–water partition coefficient (Wildman–Crippen LogP) is 0.306. The zero-order valence-corrected chi connectivity index (χ0v) is 9.01. The highest BCUT2D eigenvalue weighted by molar-refractivity contribution is 6.63. The molecule has 0 aliphatic heterocycles. The Hall–Kier alpha value is 0.0569. The highest BCUT2D eigenvalue weighted by Gasteiger charge is 2.29. The third kappa shape index (κ3) is 4.84. The Kier molecular flexibility index (Phi) is 6.59. The Labute approximate surface area is 75.5 Å². The van der Waals surface area contributed by atoms with Crippen molar-refractivity contribution in [2.75, 3.05) is 20.8 Å². The molecular formula is C7H20N2O2Si. The molecule has 0 aromatic carbocycles. The molecule has 0 aliphatic rings. The van der Waals surface area contributed by atoms with E-state index >= 15 is 0 Å². The number of nitrogens with two attached hydrogens (primary N) is 2. The van der Waals surface area contributed by atoms with Gasteiger partial charge in [0.15, 0.2) is 0 Å². The quantitative estimate of drug-likeness (QED) is 0.450. The molecule has 0 bridgehead atoms. The first-order valence-corrected chi connectivity index (χ1v) is 6.38. The fourth-order valence-corrected chi connectivity index (χ4v) is 2.30. The van der Waals surface area contributed by atoms with Gasteiger partial charge < -0.3 is 20.0 Å². The third-order valence-corrected chi connectivity index (χ3v) is 4.35. The van der Waals surface area contributed by atoms with Crippen LogP contribution in [0.15, 0.2) is 0 Å². The van der Waals surface area contributed by atoms with Crippen molar-refractivity contribution in [1.82, 2.24) is 0 Å².